The smallest absolute Gasteiger partial charge is 0.132 e. The van der Waals surface area contributed by atoms with E-state index in [2.05, 4.69) is 0 Å². The summed E-state index contributed by atoms with van der Waals surface area (Å²) in [4.78, 5) is 11.1. The van der Waals surface area contributed by atoms with Crippen LogP contribution in [-0.2, 0) is 4.79 Å². The molecule has 0 aromatic rings. The number of Topliss-reactive ketones (excluding diaryl/α,β-unsaturated/α-hetero) is 1. The van der Waals surface area contributed by atoms with E-state index in [0.29, 0.717) is 17.1 Å². The van der Waals surface area contributed by atoms with Gasteiger partial charge in [0.1, 0.15) is 5.78 Å². The number of hydrogen-bond donors (Lipinski definition) is 0. The second-order valence-electron chi connectivity index (χ2n) is 4.78. The Morgan fingerprint density at radius 1 is 1.17 bits per heavy atom. The molecule has 0 unspecified atom stereocenters. The highest BCUT2D eigenvalue weighted by Crippen LogP contribution is 2.54. The van der Waals surface area contributed by atoms with Gasteiger partial charge in [0.05, 0.1) is 0 Å². The van der Waals surface area contributed by atoms with Crippen LogP contribution in [0.3, 0.4) is 0 Å². The Bertz CT molecular complexity index is 181. The van der Waals surface area contributed by atoms with Gasteiger partial charge in [-0.2, -0.15) is 0 Å². The molecule has 0 N–H and O–H groups in total. The van der Waals surface area contributed by atoms with Crippen molar-refractivity contribution in [2.75, 3.05) is 0 Å². The first-order valence-electron chi connectivity index (χ1n) is 5.22. The van der Waals surface area contributed by atoms with Crippen molar-refractivity contribution in [1.82, 2.24) is 0 Å². The summed E-state index contributed by atoms with van der Waals surface area (Å²) in [5.41, 5.74) is 0.634. The molecule has 1 spiro atoms. The number of carbonyl (C=O) groups is 1. The number of ketones is 1. The summed E-state index contributed by atoms with van der Waals surface area (Å²) >= 11 is 0. The summed E-state index contributed by atoms with van der Waals surface area (Å²) in [7, 11) is 0. The van der Waals surface area contributed by atoms with Crippen molar-refractivity contribution in [3.63, 3.8) is 0 Å². The van der Waals surface area contributed by atoms with Crippen LogP contribution in [0.2, 0.25) is 0 Å². The van der Waals surface area contributed by atoms with E-state index in [-0.39, 0.29) is 0 Å². The molecule has 0 aliphatic heterocycles. The van der Waals surface area contributed by atoms with E-state index in [0.717, 1.165) is 0 Å². The van der Waals surface area contributed by atoms with E-state index in [4.69, 9.17) is 0 Å². The molecule has 2 fully saturated rings. The molecular weight excluding hydrogens is 148 g/mol. The minimum atomic E-state index is 0.422. The largest absolute Gasteiger partial charge is 0.300 e. The van der Waals surface area contributed by atoms with Crippen molar-refractivity contribution in [3.8, 4) is 0 Å². The van der Waals surface area contributed by atoms with Crippen molar-refractivity contribution in [3.05, 3.63) is 0 Å². The Hall–Kier alpha value is -0.330. The zero-order valence-electron chi connectivity index (χ0n) is 7.94. The maximum absolute atomic E-state index is 11.1. The average molecular weight is 166 g/mol. The lowest BCUT2D eigenvalue weighted by Gasteiger charge is -2.49. The van der Waals surface area contributed by atoms with Crippen molar-refractivity contribution < 1.29 is 4.79 Å². The molecule has 2 saturated carbocycles. The van der Waals surface area contributed by atoms with E-state index in [9.17, 15) is 4.79 Å². The number of hydrogen-bond acceptors (Lipinski definition) is 1. The minimum absolute atomic E-state index is 0.422. The lowest BCUT2D eigenvalue weighted by Crippen LogP contribution is -2.41. The predicted molar refractivity (Wildman–Crippen MR) is 48.9 cm³/mol. The van der Waals surface area contributed by atoms with E-state index < -0.39 is 0 Å². The van der Waals surface area contributed by atoms with Gasteiger partial charge in [-0.15, -0.1) is 0 Å². The van der Waals surface area contributed by atoms with Crippen LogP contribution in [0.25, 0.3) is 0 Å². The van der Waals surface area contributed by atoms with Crippen LogP contribution >= 0.6 is 0 Å². The lowest BCUT2D eigenvalue weighted by atomic mass is 9.55. The third-order valence-electron chi connectivity index (χ3n) is 3.85. The van der Waals surface area contributed by atoms with Gasteiger partial charge in [-0.1, -0.05) is 19.3 Å². The van der Waals surface area contributed by atoms with Gasteiger partial charge in [0.2, 0.25) is 0 Å². The lowest BCUT2D eigenvalue weighted by molar-refractivity contribution is -0.129. The second kappa shape index (κ2) is 2.86. The summed E-state index contributed by atoms with van der Waals surface area (Å²) in [6.07, 6.45) is 9.46. The highest BCUT2D eigenvalue weighted by atomic mass is 16.1. The van der Waals surface area contributed by atoms with Gasteiger partial charge >= 0.3 is 0 Å². The van der Waals surface area contributed by atoms with Crippen molar-refractivity contribution >= 4 is 5.78 Å². The van der Waals surface area contributed by atoms with Crippen LogP contribution in [0.15, 0.2) is 0 Å². The summed E-state index contributed by atoms with van der Waals surface area (Å²) in [5.74, 6) is 0.856. The topological polar surface area (TPSA) is 17.1 Å². The van der Waals surface area contributed by atoms with Gasteiger partial charge < -0.3 is 0 Å². The molecule has 0 aromatic carbocycles. The zero-order chi connectivity index (χ0) is 8.60. The molecule has 0 atom stereocenters. The van der Waals surface area contributed by atoms with Gasteiger partial charge in [0, 0.05) is 5.92 Å². The first-order valence-corrected chi connectivity index (χ1v) is 5.22. The monoisotopic (exact) mass is 166 g/mol. The van der Waals surface area contributed by atoms with Gasteiger partial charge in [0.25, 0.3) is 0 Å². The maximum Gasteiger partial charge on any atom is 0.132 e. The molecule has 0 radical (unpaired) electrons. The fourth-order valence-electron chi connectivity index (χ4n) is 2.98. The van der Waals surface area contributed by atoms with Crippen LogP contribution in [0, 0.1) is 11.3 Å². The van der Waals surface area contributed by atoms with Crippen molar-refractivity contribution in [2.24, 2.45) is 11.3 Å². The third-order valence-corrected chi connectivity index (χ3v) is 3.85. The minimum Gasteiger partial charge on any atom is -0.300 e. The SMILES string of the molecule is CC(=O)C1CC2(CCCCC2)C1. The van der Waals surface area contributed by atoms with Crippen LogP contribution in [0.1, 0.15) is 51.9 Å². The van der Waals surface area contributed by atoms with Gasteiger partial charge in [0.15, 0.2) is 0 Å². The van der Waals surface area contributed by atoms with Crippen LogP contribution < -0.4 is 0 Å². The van der Waals surface area contributed by atoms with Crippen molar-refractivity contribution in [2.45, 2.75) is 51.9 Å². The first-order chi connectivity index (χ1) is 5.72. The van der Waals surface area contributed by atoms with Gasteiger partial charge in [-0.25, -0.2) is 0 Å². The molecule has 2 rings (SSSR count). The standard InChI is InChI=1S/C11H18O/c1-9(12)10-7-11(8-10)5-3-2-4-6-11/h10H,2-8H2,1H3. The molecule has 0 aromatic heterocycles. The molecule has 2 aliphatic carbocycles. The molecule has 0 saturated heterocycles. The highest BCUT2D eigenvalue weighted by molar-refractivity contribution is 5.79. The predicted octanol–water partition coefficient (Wildman–Crippen LogP) is 2.94. The molecule has 68 valence electrons. The number of carbonyl (C=O) groups excluding carboxylic acids is 1. The first kappa shape index (κ1) is 8.28. The van der Waals surface area contributed by atoms with E-state index in [1.54, 1.807) is 6.92 Å². The summed E-state index contributed by atoms with van der Waals surface area (Å²) in [6, 6.07) is 0. The Morgan fingerprint density at radius 3 is 2.25 bits per heavy atom. The second-order valence-corrected chi connectivity index (χ2v) is 4.78. The van der Waals surface area contributed by atoms with Gasteiger partial charge in [-0.05, 0) is 38.0 Å². The van der Waals surface area contributed by atoms with Crippen molar-refractivity contribution in [1.29, 1.82) is 0 Å². The fourth-order valence-corrected chi connectivity index (χ4v) is 2.98. The molecule has 0 heterocycles. The van der Waals surface area contributed by atoms with E-state index in [1.807, 2.05) is 0 Å². The molecule has 2 aliphatic rings. The molecule has 0 amide bonds. The summed E-state index contributed by atoms with van der Waals surface area (Å²) in [5, 5.41) is 0. The average Bonchev–Trinajstić information content (AvgIpc) is 2.01. The maximum atomic E-state index is 11.1. The molecule has 12 heavy (non-hydrogen) atoms. The Labute approximate surface area is 74.5 Å². The Morgan fingerprint density at radius 2 is 1.75 bits per heavy atom. The van der Waals surface area contributed by atoms with E-state index in [1.165, 1.54) is 44.9 Å². The third kappa shape index (κ3) is 1.30. The van der Waals surface area contributed by atoms with E-state index >= 15 is 0 Å². The molecule has 1 heteroatoms. The zero-order valence-corrected chi connectivity index (χ0v) is 7.94. The molecule has 1 nitrogen and oxygen atoms in total. The highest BCUT2D eigenvalue weighted by Gasteiger charge is 2.45. The van der Waals surface area contributed by atoms with Crippen LogP contribution in [-0.4, -0.2) is 5.78 Å². The summed E-state index contributed by atoms with van der Waals surface area (Å²) < 4.78 is 0. The molecular formula is C11H18O. The number of rotatable bonds is 1. The fraction of sp³-hybridized carbons (Fsp3) is 0.909. The Kier molecular flexibility index (Phi) is 1.97. The normalized spacial score (nSPS) is 28.4. The molecule has 0 bridgehead atoms. The Balaban J connectivity index is 1.88. The van der Waals surface area contributed by atoms with Gasteiger partial charge in [-0.3, -0.25) is 4.79 Å². The van der Waals surface area contributed by atoms with Crippen LogP contribution in [0.5, 0.6) is 0 Å². The summed E-state index contributed by atoms with van der Waals surface area (Å²) in [6.45, 7) is 1.75. The van der Waals surface area contributed by atoms with Crippen LogP contribution in [0.4, 0.5) is 0 Å². The quantitative estimate of drug-likeness (QED) is 0.585.